The van der Waals surface area contributed by atoms with Crippen molar-refractivity contribution in [3.8, 4) is 5.75 Å². The van der Waals surface area contributed by atoms with Crippen LogP contribution >= 0.6 is 0 Å². The van der Waals surface area contributed by atoms with Crippen molar-refractivity contribution in [2.45, 2.75) is 0 Å². The molecule has 0 aliphatic carbocycles. The topological polar surface area (TPSA) is 101 Å². The summed E-state index contributed by atoms with van der Waals surface area (Å²) in [6.45, 7) is 0. The van der Waals surface area contributed by atoms with Crippen molar-refractivity contribution in [1.82, 2.24) is 0 Å². The molecule has 0 heterocycles. The zero-order valence-corrected chi connectivity index (χ0v) is 7.47. The average Bonchev–Trinajstić information content (AvgIpc) is 2.18. The third-order valence-corrected chi connectivity index (χ3v) is 1.62. The highest BCUT2D eigenvalue weighted by molar-refractivity contribution is 5.94. The third-order valence-electron chi connectivity index (χ3n) is 1.62. The van der Waals surface area contributed by atoms with Crippen molar-refractivity contribution < 1.29 is 9.53 Å². The number of rotatable bonds is 3. The first-order valence-corrected chi connectivity index (χ1v) is 3.72. The van der Waals surface area contributed by atoms with Crippen LogP contribution in [-0.2, 0) is 0 Å². The summed E-state index contributed by atoms with van der Waals surface area (Å²) in [6.07, 6.45) is 0. The quantitative estimate of drug-likeness (QED) is 0.447. The molecule has 1 rings (SSSR count). The monoisotopic (exact) mass is 192 g/mol. The van der Waals surface area contributed by atoms with Crippen LogP contribution in [0.1, 0.15) is 10.4 Å². The smallest absolute Gasteiger partial charge is 0.248 e. The molecule has 6 nitrogen and oxygen atoms in total. The minimum absolute atomic E-state index is 0.242. The Morgan fingerprint density at radius 1 is 1.64 bits per heavy atom. The van der Waals surface area contributed by atoms with Crippen molar-refractivity contribution in [3.63, 3.8) is 0 Å². The maximum atomic E-state index is 10.8. The van der Waals surface area contributed by atoms with Gasteiger partial charge >= 0.3 is 0 Å². The summed E-state index contributed by atoms with van der Waals surface area (Å²) >= 11 is 0. The van der Waals surface area contributed by atoms with E-state index in [1.807, 2.05) is 0 Å². The van der Waals surface area contributed by atoms with Crippen molar-refractivity contribution in [1.29, 1.82) is 0 Å². The Morgan fingerprint density at radius 3 is 2.86 bits per heavy atom. The second-order valence-corrected chi connectivity index (χ2v) is 2.44. The zero-order chi connectivity index (χ0) is 10.6. The van der Waals surface area contributed by atoms with Gasteiger partial charge in [0.1, 0.15) is 5.75 Å². The Bertz CT molecular complexity index is 410. The van der Waals surface area contributed by atoms with E-state index in [1.165, 1.54) is 25.3 Å². The molecule has 0 saturated carbocycles. The van der Waals surface area contributed by atoms with Crippen molar-refractivity contribution in [2.24, 2.45) is 10.8 Å². The Morgan fingerprint density at radius 2 is 2.36 bits per heavy atom. The van der Waals surface area contributed by atoms with Gasteiger partial charge in [-0.1, -0.05) is 5.11 Å². The van der Waals surface area contributed by atoms with Crippen LogP contribution in [0.4, 0.5) is 5.69 Å². The molecule has 0 aromatic heterocycles. The van der Waals surface area contributed by atoms with E-state index < -0.39 is 5.91 Å². The van der Waals surface area contributed by atoms with Gasteiger partial charge in [-0.05, 0) is 23.7 Å². The lowest BCUT2D eigenvalue weighted by molar-refractivity contribution is 0.100. The second-order valence-electron chi connectivity index (χ2n) is 2.44. The molecule has 0 unspecified atom stereocenters. The molecule has 2 N–H and O–H groups in total. The molecular formula is C8H8N4O2. The molecule has 1 aromatic carbocycles. The van der Waals surface area contributed by atoms with Crippen LogP contribution in [0, 0.1) is 0 Å². The molecule has 1 aromatic rings. The Balaban J connectivity index is 3.27. The van der Waals surface area contributed by atoms with Gasteiger partial charge in [0.05, 0.1) is 12.8 Å². The van der Waals surface area contributed by atoms with E-state index in [1.54, 1.807) is 0 Å². The van der Waals surface area contributed by atoms with Gasteiger partial charge in [-0.2, -0.15) is 0 Å². The van der Waals surface area contributed by atoms with E-state index in [4.69, 9.17) is 16.0 Å². The Labute approximate surface area is 79.9 Å². The van der Waals surface area contributed by atoms with Crippen LogP contribution in [0.25, 0.3) is 10.4 Å². The van der Waals surface area contributed by atoms with Crippen LogP contribution in [0.5, 0.6) is 5.75 Å². The first-order valence-electron chi connectivity index (χ1n) is 3.72. The fourth-order valence-corrected chi connectivity index (χ4v) is 0.970. The largest absolute Gasteiger partial charge is 0.496 e. The van der Waals surface area contributed by atoms with E-state index in [-0.39, 0.29) is 11.3 Å². The standard InChI is InChI=1S/C8H8N4O2/c1-14-7-3-2-5(8(9)13)4-6(7)11-12-10/h2-4H,1H3,(H2,9,13). The summed E-state index contributed by atoms with van der Waals surface area (Å²) in [5, 5.41) is 3.37. The number of carbonyl (C=O) groups is 1. The highest BCUT2D eigenvalue weighted by atomic mass is 16.5. The first kappa shape index (κ1) is 9.88. The molecule has 0 atom stereocenters. The van der Waals surface area contributed by atoms with Gasteiger partial charge in [-0.25, -0.2) is 0 Å². The number of methoxy groups -OCH3 is 1. The molecule has 0 bridgehead atoms. The predicted molar refractivity (Wildman–Crippen MR) is 50.3 cm³/mol. The summed E-state index contributed by atoms with van der Waals surface area (Å²) in [5.41, 5.74) is 13.8. The minimum atomic E-state index is -0.581. The highest BCUT2D eigenvalue weighted by Crippen LogP contribution is 2.28. The molecule has 6 heteroatoms. The highest BCUT2D eigenvalue weighted by Gasteiger charge is 2.05. The zero-order valence-electron chi connectivity index (χ0n) is 7.47. The number of hydrogen-bond donors (Lipinski definition) is 1. The van der Waals surface area contributed by atoms with Gasteiger partial charge in [-0.3, -0.25) is 4.79 Å². The van der Waals surface area contributed by atoms with Gasteiger partial charge in [0, 0.05) is 10.5 Å². The summed E-state index contributed by atoms with van der Waals surface area (Å²) in [5.74, 6) is -0.185. The number of ether oxygens (including phenoxy) is 1. The molecule has 0 fully saturated rings. The summed E-state index contributed by atoms with van der Waals surface area (Å²) in [4.78, 5) is 13.4. The molecule has 0 aliphatic heterocycles. The average molecular weight is 192 g/mol. The SMILES string of the molecule is COc1ccc(C(N)=O)cc1N=[N+]=[N-]. The molecule has 0 aliphatic rings. The maximum absolute atomic E-state index is 10.8. The van der Waals surface area contributed by atoms with Gasteiger partial charge < -0.3 is 10.5 Å². The molecule has 0 spiro atoms. The normalized spacial score (nSPS) is 8.93. The lowest BCUT2D eigenvalue weighted by Crippen LogP contribution is -2.10. The predicted octanol–water partition coefficient (Wildman–Crippen LogP) is 1.74. The van der Waals surface area contributed by atoms with Crippen LogP contribution in [-0.4, -0.2) is 13.0 Å². The molecule has 0 saturated heterocycles. The first-order chi connectivity index (χ1) is 6.69. The van der Waals surface area contributed by atoms with Gasteiger partial charge in [0.25, 0.3) is 0 Å². The number of nitrogens with zero attached hydrogens (tertiary/aromatic N) is 3. The van der Waals surface area contributed by atoms with Crippen LogP contribution in [0.15, 0.2) is 23.3 Å². The lowest BCUT2D eigenvalue weighted by Gasteiger charge is -2.04. The number of benzene rings is 1. The number of azide groups is 1. The summed E-state index contributed by atoms with van der Waals surface area (Å²) in [7, 11) is 1.44. The second kappa shape index (κ2) is 4.15. The molecular weight excluding hydrogens is 184 g/mol. The maximum Gasteiger partial charge on any atom is 0.248 e. The number of primary amides is 1. The fraction of sp³-hybridized carbons (Fsp3) is 0.125. The number of amides is 1. The van der Waals surface area contributed by atoms with E-state index in [0.717, 1.165) is 0 Å². The molecule has 72 valence electrons. The Hall–Kier alpha value is -2.20. The summed E-state index contributed by atoms with van der Waals surface area (Å²) < 4.78 is 4.92. The van der Waals surface area contributed by atoms with Crippen molar-refractivity contribution in [2.75, 3.05) is 7.11 Å². The van der Waals surface area contributed by atoms with E-state index in [2.05, 4.69) is 10.0 Å². The summed E-state index contributed by atoms with van der Waals surface area (Å²) in [6, 6.07) is 4.39. The van der Waals surface area contributed by atoms with Gasteiger partial charge in [-0.15, -0.1) is 0 Å². The van der Waals surface area contributed by atoms with Crippen LogP contribution in [0.3, 0.4) is 0 Å². The number of carbonyl (C=O) groups excluding carboxylic acids is 1. The van der Waals surface area contributed by atoms with Gasteiger partial charge in [0.15, 0.2) is 0 Å². The van der Waals surface area contributed by atoms with E-state index >= 15 is 0 Å². The van der Waals surface area contributed by atoms with Crippen molar-refractivity contribution >= 4 is 11.6 Å². The number of nitrogens with two attached hydrogens (primary N) is 1. The van der Waals surface area contributed by atoms with Crippen molar-refractivity contribution in [3.05, 3.63) is 34.2 Å². The molecule has 1 amide bonds. The van der Waals surface area contributed by atoms with Crippen LogP contribution in [0.2, 0.25) is 0 Å². The van der Waals surface area contributed by atoms with E-state index in [9.17, 15) is 4.79 Å². The third kappa shape index (κ3) is 1.94. The lowest BCUT2D eigenvalue weighted by atomic mass is 10.2. The van der Waals surface area contributed by atoms with E-state index in [0.29, 0.717) is 5.75 Å². The minimum Gasteiger partial charge on any atom is -0.496 e. The fourth-order valence-electron chi connectivity index (χ4n) is 0.970. The molecule has 14 heavy (non-hydrogen) atoms. The number of hydrogen-bond acceptors (Lipinski definition) is 3. The van der Waals surface area contributed by atoms with Gasteiger partial charge in [0.2, 0.25) is 5.91 Å². The Kier molecular flexibility index (Phi) is 2.93. The molecule has 0 radical (unpaired) electrons. The van der Waals surface area contributed by atoms with Crippen LogP contribution < -0.4 is 10.5 Å².